The minimum absolute atomic E-state index is 0.0783. The number of carbonyl (C=O) groups is 1. The van der Waals surface area contributed by atoms with Crippen molar-refractivity contribution < 1.29 is 9.53 Å². The number of benzene rings is 2. The van der Waals surface area contributed by atoms with Crippen LogP contribution in [0.2, 0.25) is 5.02 Å². The lowest BCUT2D eigenvalue weighted by atomic mass is 9.96. The Morgan fingerprint density at radius 2 is 1.86 bits per heavy atom. The Morgan fingerprint density at radius 3 is 2.68 bits per heavy atom. The molecule has 3 nitrogen and oxygen atoms in total. The van der Waals surface area contributed by atoms with E-state index in [-0.39, 0.29) is 18.2 Å². The Balaban J connectivity index is 1.84. The maximum absolute atomic E-state index is 12.8. The fourth-order valence-electron chi connectivity index (χ4n) is 3.31. The zero-order chi connectivity index (χ0) is 15.1. The second-order valence-electron chi connectivity index (χ2n) is 5.75. The summed E-state index contributed by atoms with van der Waals surface area (Å²) in [6.07, 6.45) is 1.52. The van der Waals surface area contributed by atoms with E-state index >= 15 is 0 Å². The molecule has 2 atom stereocenters. The third kappa shape index (κ3) is 2.21. The summed E-state index contributed by atoms with van der Waals surface area (Å²) in [5.41, 5.74) is 2.70. The SMILES string of the molecule is O=C1c2ccccc2[C@H](c2ccc(Cl)cc2)O[C@H]2CCCN12. The first-order valence-electron chi connectivity index (χ1n) is 7.55. The molecule has 1 saturated heterocycles. The molecule has 0 N–H and O–H groups in total. The first kappa shape index (κ1) is 13.8. The Morgan fingerprint density at radius 1 is 1.09 bits per heavy atom. The molecule has 0 unspecified atom stereocenters. The summed E-state index contributed by atoms with van der Waals surface area (Å²) in [7, 11) is 0. The molecule has 1 fully saturated rings. The minimum atomic E-state index is -0.231. The largest absolute Gasteiger partial charge is 0.346 e. The number of fused-ring (bicyclic) bond motifs is 2. The minimum Gasteiger partial charge on any atom is -0.346 e. The second kappa shape index (κ2) is 5.41. The van der Waals surface area contributed by atoms with Crippen LogP contribution < -0.4 is 0 Å². The highest BCUT2D eigenvalue weighted by atomic mass is 35.5. The van der Waals surface area contributed by atoms with Gasteiger partial charge in [-0.2, -0.15) is 0 Å². The second-order valence-corrected chi connectivity index (χ2v) is 6.19. The Hall–Kier alpha value is -1.84. The van der Waals surface area contributed by atoms with Crippen molar-refractivity contribution in [3.05, 3.63) is 70.2 Å². The van der Waals surface area contributed by atoms with Crippen molar-refractivity contribution in [2.24, 2.45) is 0 Å². The molecule has 0 spiro atoms. The van der Waals surface area contributed by atoms with Gasteiger partial charge in [0, 0.05) is 17.1 Å². The van der Waals surface area contributed by atoms with Crippen LogP contribution in [0.3, 0.4) is 0 Å². The Kier molecular flexibility index (Phi) is 3.40. The van der Waals surface area contributed by atoms with Crippen LogP contribution in [0, 0.1) is 0 Å². The molecule has 2 aliphatic rings. The van der Waals surface area contributed by atoms with Gasteiger partial charge in [-0.15, -0.1) is 0 Å². The molecule has 0 bridgehead atoms. The zero-order valence-corrected chi connectivity index (χ0v) is 12.8. The molecule has 2 aromatic carbocycles. The number of rotatable bonds is 1. The number of hydrogen-bond acceptors (Lipinski definition) is 2. The number of amides is 1. The number of halogens is 1. The third-order valence-electron chi connectivity index (χ3n) is 4.40. The van der Waals surface area contributed by atoms with E-state index in [9.17, 15) is 4.79 Å². The standard InChI is InChI=1S/C18H16ClNO2/c19-13-9-7-12(8-10-13)17-14-4-1-2-5-15(14)18(21)20-11-3-6-16(20)22-17/h1-2,4-5,7-10,16-17H,3,6,11H2/t16-,17-/m0/s1. The average molecular weight is 314 g/mol. The third-order valence-corrected chi connectivity index (χ3v) is 4.65. The molecule has 2 aliphatic heterocycles. The summed E-state index contributed by atoms with van der Waals surface area (Å²) in [5, 5.41) is 0.698. The molecule has 1 amide bonds. The van der Waals surface area contributed by atoms with E-state index in [1.807, 2.05) is 53.4 Å². The number of carbonyl (C=O) groups excluding carboxylic acids is 1. The predicted octanol–water partition coefficient (Wildman–Crippen LogP) is 4.02. The van der Waals surface area contributed by atoms with Crippen molar-refractivity contribution in [3.63, 3.8) is 0 Å². The quantitative estimate of drug-likeness (QED) is 0.795. The van der Waals surface area contributed by atoms with Gasteiger partial charge in [0.1, 0.15) is 12.3 Å². The van der Waals surface area contributed by atoms with Gasteiger partial charge < -0.3 is 9.64 Å². The van der Waals surface area contributed by atoms with Gasteiger partial charge in [0.25, 0.3) is 5.91 Å². The normalized spacial score (nSPS) is 23.9. The molecule has 112 valence electrons. The molecule has 2 aromatic rings. The smallest absolute Gasteiger partial charge is 0.256 e. The maximum atomic E-state index is 12.8. The van der Waals surface area contributed by atoms with Crippen LogP contribution in [0.25, 0.3) is 0 Å². The average Bonchev–Trinajstić information content (AvgIpc) is 2.97. The van der Waals surface area contributed by atoms with Crippen molar-refractivity contribution in [1.29, 1.82) is 0 Å². The van der Waals surface area contributed by atoms with Gasteiger partial charge in [0.2, 0.25) is 0 Å². The number of nitrogens with zero attached hydrogens (tertiary/aromatic N) is 1. The van der Waals surface area contributed by atoms with Gasteiger partial charge in [0.05, 0.1) is 0 Å². The van der Waals surface area contributed by atoms with Crippen molar-refractivity contribution in [2.45, 2.75) is 25.2 Å². The van der Waals surface area contributed by atoms with Crippen LogP contribution in [0.1, 0.15) is 40.4 Å². The number of ether oxygens (including phenoxy) is 1. The summed E-state index contributed by atoms with van der Waals surface area (Å²) >= 11 is 5.99. The van der Waals surface area contributed by atoms with E-state index in [2.05, 4.69) is 0 Å². The highest BCUT2D eigenvalue weighted by Crippen LogP contribution is 2.37. The molecule has 0 saturated carbocycles. The van der Waals surface area contributed by atoms with Crippen LogP contribution >= 0.6 is 11.6 Å². The fraction of sp³-hybridized carbons (Fsp3) is 0.278. The predicted molar refractivity (Wildman–Crippen MR) is 84.9 cm³/mol. The molecule has 2 heterocycles. The molecule has 0 aromatic heterocycles. The summed E-state index contributed by atoms with van der Waals surface area (Å²) in [6, 6.07) is 15.4. The van der Waals surface area contributed by atoms with E-state index in [0.29, 0.717) is 5.02 Å². The van der Waals surface area contributed by atoms with Crippen molar-refractivity contribution in [2.75, 3.05) is 6.54 Å². The van der Waals surface area contributed by atoms with Gasteiger partial charge in [-0.1, -0.05) is 41.9 Å². The van der Waals surface area contributed by atoms with Crippen LogP contribution in [0.15, 0.2) is 48.5 Å². The van der Waals surface area contributed by atoms with Gasteiger partial charge >= 0.3 is 0 Å². The highest BCUT2D eigenvalue weighted by Gasteiger charge is 2.38. The molecular formula is C18H16ClNO2. The number of hydrogen-bond donors (Lipinski definition) is 0. The highest BCUT2D eigenvalue weighted by molar-refractivity contribution is 6.30. The topological polar surface area (TPSA) is 29.5 Å². The first-order chi connectivity index (χ1) is 10.7. The Bertz CT molecular complexity index is 713. The van der Waals surface area contributed by atoms with E-state index < -0.39 is 0 Å². The summed E-state index contributed by atoms with van der Waals surface area (Å²) in [5.74, 6) is 0.0783. The summed E-state index contributed by atoms with van der Waals surface area (Å²) in [6.45, 7) is 0.769. The van der Waals surface area contributed by atoms with Gasteiger partial charge in [0.15, 0.2) is 0 Å². The fourth-order valence-corrected chi connectivity index (χ4v) is 3.44. The van der Waals surface area contributed by atoms with E-state index in [4.69, 9.17) is 16.3 Å². The maximum Gasteiger partial charge on any atom is 0.256 e. The van der Waals surface area contributed by atoms with E-state index in [0.717, 1.165) is 36.1 Å². The molecule has 0 radical (unpaired) electrons. The molecule has 4 heteroatoms. The Labute approximate surface area is 134 Å². The lowest BCUT2D eigenvalue weighted by Gasteiger charge is -2.24. The molecule has 22 heavy (non-hydrogen) atoms. The summed E-state index contributed by atoms with van der Waals surface area (Å²) < 4.78 is 6.32. The van der Waals surface area contributed by atoms with Crippen molar-refractivity contribution >= 4 is 17.5 Å². The molecule has 0 aliphatic carbocycles. The van der Waals surface area contributed by atoms with Gasteiger partial charge in [-0.3, -0.25) is 4.79 Å². The van der Waals surface area contributed by atoms with Crippen LogP contribution in [0.4, 0.5) is 0 Å². The van der Waals surface area contributed by atoms with E-state index in [1.165, 1.54) is 0 Å². The zero-order valence-electron chi connectivity index (χ0n) is 12.0. The van der Waals surface area contributed by atoms with Crippen LogP contribution in [-0.2, 0) is 4.74 Å². The van der Waals surface area contributed by atoms with Crippen LogP contribution in [-0.4, -0.2) is 23.6 Å². The molecular weight excluding hydrogens is 298 g/mol. The molecule has 4 rings (SSSR count). The monoisotopic (exact) mass is 313 g/mol. The van der Waals surface area contributed by atoms with E-state index in [1.54, 1.807) is 0 Å². The van der Waals surface area contributed by atoms with Crippen molar-refractivity contribution in [1.82, 2.24) is 4.90 Å². The summed E-state index contributed by atoms with van der Waals surface area (Å²) in [4.78, 5) is 14.6. The van der Waals surface area contributed by atoms with Gasteiger partial charge in [-0.05, 0) is 42.2 Å². The lowest BCUT2D eigenvalue weighted by Crippen LogP contribution is -2.35. The first-order valence-corrected chi connectivity index (χ1v) is 7.92. The van der Waals surface area contributed by atoms with Crippen LogP contribution in [0.5, 0.6) is 0 Å². The lowest BCUT2D eigenvalue weighted by molar-refractivity contribution is -0.0492. The van der Waals surface area contributed by atoms with Gasteiger partial charge in [-0.25, -0.2) is 0 Å². The van der Waals surface area contributed by atoms with Crippen molar-refractivity contribution in [3.8, 4) is 0 Å².